The molecule has 2 bridgehead atoms. The molecular weight excluding hydrogens is 172 g/mol. The first kappa shape index (κ1) is 8.30. The van der Waals surface area contributed by atoms with Crippen molar-refractivity contribution in [1.82, 2.24) is 4.90 Å². The fourth-order valence-electron chi connectivity index (χ4n) is 3.00. The van der Waals surface area contributed by atoms with Crippen LogP contribution in [0.3, 0.4) is 0 Å². The third kappa shape index (κ3) is 1.01. The summed E-state index contributed by atoms with van der Waals surface area (Å²) in [5.41, 5.74) is 9.74. The van der Waals surface area contributed by atoms with Crippen LogP contribution in [-0.4, -0.2) is 18.0 Å². The van der Waals surface area contributed by atoms with Crippen molar-refractivity contribution >= 4 is 5.69 Å². The molecule has 1 aromatic carbocycles. The van der Waals surface area contributed by atoms with Crippen LogP contribution in [0.25, 0.3) is 0 Å². The van der Waals surface area contributed by atoms with Gasteiger partial charge in [0, 0.05) is 17.8 Å². The molecule has 1 fully saturated rings. The normalized spacial score (nSPS) is 30.4. The van der Waals surface area contributed by atoms with Crippen LogP contribution in [0.5, 0.6) is 0 Å². The SMILES string of the molecule is CN1C2CCC1c1cc(N)ccc1C2. The molecule has 74 valence electrons. The van der Waals surface area contributed by atoms with Gasteiger partial charge in [-0.2, -0.15) is 0 Å². The number of anilines is 1. The number of likely N-dealkylation sites (N-methyl/N-ethyl adjacent to an activating group) is 1. The Morgan fingerprint density at radius 2 is 2.21 bits per heavy atom. The maximum Gasteiger partial charge on any atom is 0.0352 e. The van der Waals surface area contributed by atoms with Crippen molar-refractivity contribution in [2.24, 2.45) is 0 Å². The predicted molar refractivity (Wildman–Crippen MR) is 58.1 cm³/mol. The maximum absolute atomic E-state index is 5.84. The molecule has 1 aromatic rings. The molecule has 0 radical (unpaired) electrons. The lowest BCUT2D eigenvalue weighted by atomic mass is 9.93. The van der Waals surface area contributed by atoms with Crippen molar-refractivity contribution in [3.63, 3.8) is 0 Å². The summed E-state index contributed by atoms with van der Waals surface area (Å²) >= 11 is 0. The Hall–Kier alpha value is -1.02. The minimum atomic E-state index is 0.632. The molecule has 0 amide bonds. The van der Waals surface area contributed by atoms with Gasteiger partial charge in [-0.1, -0.05) is 6.07 Å². The number of rotatable bonds is 0. The third-order valence-corrected chi connectivity index (χ3v) is 3.83. The zero-order valence-electron chi connectivity index (χ0n) is 8.53. The smallest absolute Gasteiger partial charge is 0.0352 e. The number of benzene rings is 1. The van der Waals surface area contributed by atoms with Gasteiger partial charge in [0.15, 0.2) is 0 Å². The molecule has 2 heterocycles. The number of nitrogen functional groups attached to an aromatic ring is 1. The summed E-state index contributed by atoms with van der Waals surface area (Å²) in [6.45, 7) is 0. The van der Waals surface area contributed by atoms with Crippen molar-refractivity contribution in [1.29, 1.82) is 0 Å². The van der Waals surface area contributed by atoms with Gasteiger partial charge in [-0.05, 0) is 49.6 Å². The van der Waals surface area contributed by atoms with Crippen LogP contribution in [0.15, 0.2) is 18.2 Å². The lowest BCUT2D eigenvalue weighted by Gasteiger charge is -2.33. The third-order valence-electron chi connectivity index (χ3n) is 3.83. The van der Waals surface area contributed by atoms with E-state index in [4.69, 9.17) is 5.73 Å². The molecule has 0 aliphatic carbocycles. The average Bonchev–Trinajstić information content (AvgIpc) is 2.43. The first-order valence-corrected chi connectivity index (χ1v) is 5.36. The summed E-state index contributed by atoms with van der Waals surface area (Å²) in [5.74, 6) is 0. The van der Waals surface area contributed by atoms with Crippen LogP contribution < -0.4 is 5.73 Å². The highest BCUT2D eigenvalue weighted by molar-refractivity contribution is 5.47. The minimum Gasteiger partial charge on any atom is -0.399 e. The maximum atomic E-state index is 5.84. The average molecular weight is 188 g/mol. The molecule has 2 N–H and O–H groups in total. The second-order valence-electron chi connectivity index (χ2n) is 4.57. The van der Waals surface area contributed by atoms with Crippen LogP contribution in [-0.2, 0) is 6.42 Å². The number of nitrogens with zero attached hydrogens (tertiary/aromatic N) is 1. The van der Waals surface area contributed by atoms with Crippen molar-refractivity contribution in [2.45, 2.75) is 31.3 Å². The summed E-state index contributed by atoms with van der Waals surface area (Å²) in [5, 5.41) is 0. The molecular formula is C12H16N2. The minimum absolute atomic E-state index is 0.632. The van der Waals surface area contributed by atoms with Crippen molar-refractivity contribution in [3.8, 4) is 0 Å². The van der Waals surface area contributed by atoms with Crippen LogP contribution in [0, 0.1) is 0 Å². The van der Waals surface area contributed by atoms with E-state index in [-0.39, 0.29) is 0 Å². The van der Waals surface area contributed by atoms with Gasteiger partial charge in [0.05, 0.1) is 0 Å². The van der Waals surface area contributed by atoms with Crippen molar-refractivity contribution in [3.05, 3.63) is 29.3 Å². The summed E-state index contributed by atoms with van der Waals surface area (Å²) in [6.07, 6.45) is 3.86. The Kier molecular flexibility index (Phi) is 1.62. The van der Waals surface area contributed by atoms with E-state index in [0.717, 1.165) is 11.7 Å². The van der Waals surface area contributed by atoms with Gasteiger partial charge in [0.2, 0.25) is 0 Å². The summed E-state index contributed by atoms with van der Waals surface area (Å²) in [4.78, 5) is 2.52. The second-order valence-corrected chi connectivity index (χ2v) is 4.57. The lowest BCUT2D eigenvalue weighted by molar-refractivity contribution is 0.224. The standard InChI is InChI=1S/C12H16N2/c1-14-10-4-5-12(14)11-7-9(13)3-2-8(11)6-10/h2-3,7,10,12H,4-6,13H2,1H3. The van der Waals surface area contributed by atoms with Crippen molar-refractivity contribution in [2.75, 3.05) is 12.8 Å². The van der Waals surface area contributed by atoms with Crippen LogP contribution in [0.2, 0.25) is 0 Å². The molecule has 2 heteroatoms. The monoisotopic (exact) mass is 188 g/mol. The van der Waals surface area contributed by atoms with E-state index in [1.807, 2.05) is 6.07 Å². The molecule has 0 aromatic heterocycles. The quantitative estimate of drug-likeness (QED) is 0.631. The zero-order valence-corrected chi connectivity index (χ0v) is 8.53. The van der Waals surface area contributed by atoms with E-state index in [2.05, 4.69) is 24.1 Å². The molecule has 2 atom stereocenters. The predicted octanol–water partition coefficient (Wildman–Crippen LogP) is 1.96. The summed E-state index contributed by atoms with van der Waals surface area (Å²) in [7, 11) is 2.24. The highest BCUT2D eigenvalue weighted by atomic mass is 15.2. The van der Waals surface area contributed by atoms with E-state index < -0.39 is 0 Å². The van der Waals surface area contributed by atoms with Gasteiger partial charge in [0.1, 0.15) is 0 Å². The molecule has 1 saturated heterocycles. The lowest BCUT2D eigenvalue weighted by Crippen LogP contribution is -2.34. The van der Waals surface area contributed by atoms with Gasteiger partial charge in [-0.25, -0.2) is 0 Å². The van der Waals surface area contributed by atoms with Gasteiger partial charge in [-0.15, -0.1) is 0 Å². The van der Waals surface area contributed by atoms with E-state index >= 15 is 0 Å². The van der Waals surface area contributed by atoms with Gasteiger partial charge in [-0.3, -0.25) is 4.90 Å². The molecule has 2 aliphatic rings. The highest BCUT2D eigenvalue weighted by Crippen LogP contribution is 2.42. The van der Waals surface area contributed by atoms with Crippen LogP contribution >= 0.6 is 0 Å². The van der Waals surface area contributed by atoms with E-state index in [1.165, 1.54) is 30.4 Å². The van der Waals surface area contributed by atoms with Gasteiger partial charge < -0.3 is 5.73 Å². The Labute approximate surface area is 84.7 Å². The first-order chi connectivity index (χ1) is 6.75. The Morgan fingerprint density at radius 3 is 3.07 bits per heavy atom. The fraction of sp³-hybridized carbons (Fsp3) is 0.500. The molecule has 0 saturated carbocycles. The number of nitrogens with two attached hydrogens (primary N) is 1. The van der Waals surface area contributed by atoms with Crippen LogP contribution in [0.4, 0.5) is 5.69 Å². The topological polar surface area (TPSA) is 29.3 Å². The number of hydrogen-bond acceptors (Lipinski definition) is 2. The van der Waals surface area contributed by atoms with Gasteiger partial charge >= 0.3 is 0 Å². The Bertz CT molecular complexity index is 373. The number of hydrogen-bond donors (Lipinski definition) is 1. The van der Waals surface area contributed by atoms with E-state index in [1.54, 1.807) is 0 Å². The molecule has 14 heavy (non-hydrogen) atoms. The zero-order chi connectivity index (χ0) is 9.71. The molecule has 2 aliphatic heterocycles. The van der Waals surface area contributed by atoms with E-state index in [9.17, 15) is 0 Å². The molecule has 2 nitrogen and oxygen atoms in total. The molecule has 3 rings (SSSR count). The largest absolute Gasteiger partial charge is 0.399 e. The van der Waals surface area contributed by atoms with Crippen molar-refractivity contribution < 1.29 is 0 Å². The molecule has 0 spiro atoms. The molecule has 2 unspecified atom stereocenters. The van der Waals surface area contributed by atoms with Gasteiger partial charge in [0.25, 0.3) is 0 Å². The highest BCUT2D eigenvalue weighted by Gasteiger charge is 2.37. The number of fused-ring (bicyclic) bond motifs is 4. The first-order valence-electron chi connectivity index (χ1n) is 5.36. The Morgan fingerprint density at radius 1 is 1.36 bits per heavy atom. The summed E-state index contributed by atoms with van der Waals surface area (Å²) < 4.78 is 0. The fourth-order valence-corrected chi connectivity index (χ4v) is 3.00. The summed E-state index contributed by atoms with van der Waals surface area (Å²) in [6, 6.07) is 7.81. The van der Waals surface area contributed by atoms with Crippen LogP contribution in [0.1, 0.15) is 30.0 Å². The van der Waals surface area contributed by atoms with E-state index in [0.29, 0.717) is 6.04 Å². The second kappa shape index (κ2) is 2.74. The Balaban J connectivity index is 2.12.